The maximum atomic E-state index is 5.77. The van der Waals surface area contributed by atoms with Crippen molar-refractivity contribution in [1.82, 2.24) is 9.78 Å². The Balaban J connectivity index is 1.87. The summed E-state index contributed by atoms with van der Waals surface area (Å²) in [5.41, 5.74) is 6.51. The minimum atomic E-state index is 0.732. The van der Waals surface area contributed by atoms with E-state index in [1.165, 1.54) is 12.8 Å². The molecule has 14 heavy (non-hydrogen) atoms. The van der Waals surface area contributed by atoms with Crippen LogP contribution in [0.1, 0.15) is 19.8 Å². The summed E-state index contributed by atoms with van der Waals surface area (Å²) >= 11 is 0. The van der Waals surface area contributed by atoms with Crippen LogP contribution < -0.4 is 11.1 Å². The van der Waals surface area contributed by atoms with Gasteiger partial charge in [-0.05, 0) is 24.7 Å². The van der Waals surface area contributed by atoms with Gasteiger partial charge >= 0.3 is 0 Å². The van der Waals surface area contributed by atoms with Gasteiger partial charge < -0.3 is 11.1 Å². The van der Waals surface area contributed by atoms with E-state index in [1.54, 1.807) is 4.68 Å². The largest absolute Gasteiger partial charge is 0.394 e. The van der Waals surface area contributed by atoms with E-state index in [-0.39, 0.29) is 0 Å². The minimum absolute atomic E-state index is 0.732. The van der Waals surface area contributed by atoms with Crippen molar-refractivity contribution < 1.29 is 0 Å². The van der Waals surface area contributed by atoms with Gasteiger partial charge in [0.1, 0.15) is 0 Å². The fourth-order valence-corrected chi connectivity index (χ4v) is 1.73. The van der Waals surface area contributed by atoms with E-state index < -0.39 is 0 Å². The zero-order valence-corrected chi connectivity index (χ0v) is 8.83. The molecule has 2 rings (SSSR count). The van der Waals surface area contributed by atoms with Crippen LogP contribution in [0.2, 0.25) is 0 Å². The summed E-state index contributed by atoms with van der Waals surface area (Å²) in [5.74, 6) is 2.48. The van der Waals surface area contributed by atoms with Crippen molar-refractivity contribution in [3.8, 4) is 0 Å². The van der Waals surface area contributed by atoms with Gasteiger partial charge in [0.2, 0.25) is 0 Å². The number of hydrogen-bond donors (Lipinski definition) is 2. The quantitative estimate of drug-likeness (QED) is 0.763. The molecule has 1 aromatic heterocycles. The molecule has 1 heterocycles. The van der Waals surface area contributed by atoms with Crippen LogP contribution in [0.3, 0.4) is 0 Å². The monoisotopic (exact) mass is 194 g/mol. The number of nitrogens with one attached hydrogen (secondary N) is 1. The number of rotatable bonds is 4. The lowest BCUT2D eigenvalue weighted by Gasteiger charge is -2.10. The van der Waals surface area contributed by atoms with Crippen molar-refractivity contribution in [3.05, 3.63) is 6.20 Å². The summed E-state index contributed by atoms with van der Waals surface area (Å²) in [6.45, 7) is 3.26. The highest BCUT2D eigenvalue weighted by Crippen LogP contribution is 2.36. The third kappa shape index (κ3) is 2.00. The zero-order valence-electron chi connectivity index (χ0n) is 8.83. The first-order valence-electron chi connectivity index (χ1n) is 5.20. The second kappa shape index (κ2) is 3.52. The van der Waals surface area contributed by atoms with E-state index >= 15 is 0 Å². The van der Waals surface area contributed by atoms with E-state index in [1.807, 2.05) is 13.2 Å². The molecule has 0 spiro atoms. The third-order valence-corrected chi connectivity index (χ3v) is 2.88. The summed E-state index contributed by atoms with van der Waals surface area (Å²) in [6.07, 6.45) is 4.60. The number of aryl methyl sites for hydroxylation is 1. The van der Waals surface area contributed by atoms with Gasteiger partial charge in [-0.2, -0.15) is 5.10 Å². The van der Waals surface area contributed by atoms with Gasteiger partial charge in [0.15, 0.2) is 5.82 Å². The molecule has 4 heteroatoms. The molecule has 3 N–H and O–H groups in total. The highest BCUT2D eigenvalue weighted by atomic mass is 15.3. The predicted molar refractivity (Wildman–Crippen MR) is 58.0 cm³/mol. The van der Waals surface area contributed by atoms with E-state index in [2.05, 4.69) is 17.3 Å². The molecule has 1 saturated carbocycles. The van der Waals surface area contributed by atoms with Crippen molar-refractivity contribution in [2.45, 2.75) is 19.8 Å². The number of nitrogen functional groups attached to an aromatic ring is 1. The van der Waals surface area contributed by atoms with Crippen LogP contribution in [0.25, 0.3) is 0 Å². The molecule has 78 valence electrons. The highest BCUT2D eigenvalue weighted by molar-refractivity contribution is 5.59. The lowest BCUT2D eigenvalue weighted by Crippen LogP contribution is -2.14. The van der Waals surface area contributed by atoms with Crippen molar-refractivity contribution in [1.29, 1.82) is 0 Å². The van der Waals surface area contributed by atoms with E-state index in [0.717, 1.165) is 29.9 Å². The second-order valence-corrected chi connectivity index (χ2v) is 4.30. The van der Waals surface area contributed by atoms with Gasteiger partial charge in [-0.15, -0.1) is 0 Å². The molecular formula is C10H18N4. The predicted octanol–water partition coefficient (Wildman–Crippen LogP) is 1.46. The van der Waals surface area contributed by atoms with Crippen LogP contribution in [0.15, 0.2) is 6.20 Å². The molecule has 1 unspecified atom stereocenters. The molecule has 1 aromatic rings. The van der Waals surface area contributed by atoms with Gasteiger partial charge in [-0.3, -0.25) is 4.68 Å². The number of anilines is 2. The minimum Gasteiger partial charge on any atom is -0.394 e. The average molecular weight is 194 g/mol. The molecule has 1 atom stereocenters. The van der Waals surface area contributed by atoms with E-state index in [4.69, 9.17) is 5.73 Å². The molecule has 1 aliphatic carbocycles. The number of hydrogen-bond acceptors (Lipinski definition) is 3. The van der Waals surface area contributed by atoms with Crippen LogP contribution in [-0.2, 0) is 7.05 Å². The second-order valence-electron chi connectivity index (χ2n) is 4.30. The van der Waals surface area contributed by atoms with Crippen LogP contribution >= 0.6 is 0 Å². The van der Waals surface area contributed by atoms with E-state index in [9.17, 15) is 0 Å². The maximum Gasteiger partial charge on any atom is 0.171 e. The molecule has 0 amide bonds. The Hall–Kier alpha value is -1.19. The Kier molecular flexibility index (Phi) is 2.35. The van der Waals surface area contributed by atoms with Crippen LogP contribution in [0.5, 0.6) is 0 Å². The SMILES string of the molecule is CC(CNc1nn(C)cc1N)C1CC1. The lowest BCUT2D eigenvalue weighted by molar-refractivity contribution is 0.535. The summed E-state index contributed by atoms with van der Waals surface area (Å²) in [5, 5.41) is 7.54. The Morgan fingerprint density at radius 3 is 2.93 bits per heavy atom. The average Bonchev–Trinajstić information content (AvgIpc) is 2.90. The van der Waals surface area contributed by atoms with Crippen molar-refractivity contribution >= 4 is 11.5 Å². The summed E-state index contributed by atoms with van der Waals surface area (Å²) in [4.78, 5) is 0. The Morgan fingerprint density at radius 1 is 1.71 bits per heavy atom. The normalized spacial score (nSPS) is 18.1. The van der Waals surface area contributed by atoms with Gasteiger partial charge in [-0.25, -0.2) is 0 Å². The smallest absolute Gasteiger partial charge is 0.171 e. The molecule has 0 aliphatic heterocycles. The molecule has 1 aliphatic rings. The van der Waals surface area contributed by atoms with Gasteiger partial charge in [0.25, 0.3) is 0 Å². The molecule has 0 bridgehead atoms. The Bertz CT molecular complexity index is 314. The molecular weight excluding hydrogens is 176 g/mol. The topological polar surface area (TPSA) is 55.9 Å². The first kappa shape index (κ1) is 9.37. The number of aromatic nitrogens is 2. The van der Waals surface area contributed by atoms with Crippen molar-refractivity contribution in [2.24, 2.45) is 18.9 Å². The highest BCUT2D eigenvalue weighted by Gasteiger charge is 2.27. The van der Waals surface area contributed by atoms with Gasteiger partial charge in [0.05, 0.1) is 5.69 Å². The van der Waals surface area contributed by atoms with Crippen LogP contribution in [-0.4, -0.2) is 16.3 Å². The Morgan fingerprint density at radius 2 is 2.43 bits per heavy atom. The molecule has 4 nitrogen and oxygen atoms in total. The zero-order chi connectivity index (χ0) is 10.1. The first-order valence-corrected chi connectivity index (χ1v) is 5.20. The summed E-state index contributed by atoms with van der Waals surface area (Å²) < 4.78 is 1.74. The Labute approximate surface area is 84.5 Å². The molecule has 0 saturated heterocycles. The fourth-order valence-electron chi connectivity index (χ4n) is 1.73. The third-order valence-electron chi connectivity index (χ3n) is 2.88. The number of nitrogens with zero attached hydrogens (tertiary/aromatic N) is 2. The van der Waals surface area contributed by atoms with Crippen molar-refractivity contribution in [3.63, 3.8) is 0 Å². The van der Waals surface area contributed by atoms with Gasteiger partial charge in [0, 0.05) is 19.8 Å². The van der Waals surface area contributed by atoms with Crippen molar-refractivity contribution in [2.75, 3.05) is 17.6 Å². The molecule has 1 fully saturated rings. The fraction of sp³-hybridized carbons (Fsp3) is 0.700. The molecule has 0 aromatic carbocycles. The van der Waals surface area contributed by atoms with Crippen LogP contribution in [0, 0.1) is 11.8 Å². The summed E-state index contributed by atoms with van der Waals surface area (Å²) in [7, 11) is 1.88. The summed E-state index contributed by atoms with van der Waals surface area (Å²) in [6, 6.07) is 0. The van der Waals surface area contributed by atoms with E-state index in [0.29, 0.717) is 0 Å². The van der Waals surface area contributed by atoms with Crippen LogP contribution in [0.4, 0.5) is 11.5 Å². The van der Waals surface area contributed by atoms with Gasteiger partial charge in [-0.1, -0.05) is 6.92 Å². The lowest BCUT2D eigenvalue weighted by atomic mass is 10.1. The number of nitrogens with two attached hydrogens (primary N) is 1. The standard InChI is InChI=1S/C10H18N4/c1-7(8-3-4-8)5-12-10-9(11)6-14(2)13-10/h6-8H,3-5,11H2,1-2H3,(H,12,13). The maximum absolute atomic E-state index is 5.77. The first-order chi connectivity index (χ1) is 6.66. The molecule has 0 radical (unpaired) electrons.